The Morgan fingerprint density at radius 2 is 1.91 bits per heavy atom. The summed E-state index contributed by atoms with van der Waals surface area (Å²) in [6.45, 7) is 5.00. The number of amides is 1. The summed E-state index contributed by atoms with van der Waals surface area (Å²) in [5.41, 5.74) is 0.548. The molecule has 0 radical (unpaired) electrons. The van der Waals surface area contributed by atoms with E-state index in [0.717, 1.165) is 12.8 Å². The highest BCUT2D eigenvalue weighted by Crippen LogP contribution is 2.32. The van der Waals surface area contributed by atoms with Crippen molar-refractivity contribution in [3.8, 4) is 0 Å². The first kappa shape index (κ1) is 16.4. The first-order valence-corrected chi connectivity index (χ1v) is 9.72. The van der Waals surface area contributed by atoms with Crippen molar-refractivity contribution in [2.45, 2.75) is 56.9 Å². The zero-order valence-electron chi connectivity index (χ0n) is 13.6. The molecule has 0 bridgehead atoms. The number of carbonyl (C=O) groups excluding carboxylic acids is 1. The van der Waals surface area contributed by atoms with Gasteiger partial charge in [0.05, 0.1) is 17.0 Å². The fourth-order valence-electron chi connectivity index (χ4n) is 2.84. The van der Waals surface area contributed by atoms with Gasteiger partial charge in [0.1, 0.15) is 0 Å². The number of sulfonamides is 1. The lowest BCUT2D eigenvalue weighted by molar-refractivity contribution is 0.0923. The third-order valence-corrected chi connectivity index (χ3v) is 6.89. The molecular weight excluding hydrogens is 316 g/mol. The summed E-state index contributed by atoms with van der Waals surface area (Å²) in [7, 11) is -3.09. The predicted octanol–water partition coefficient (Wildman–Crippen LogP) is 1.15. The van der Waals surface area contributed by atoms with Crippen molar-refractivity contribution >= 4 is 15.9 Å². The molecule has 1 saturated heterocycles. The fourth-order valence-corrected chi connectivity index (χ4v) is 4.71. The Kier molecular flexibility index (Phi) is 4.46. The number of carbonyl (C=O) groups is 1. The van der Waals surface area contributed by atoms with E-state index in [-0.39, 0.29) is 23.2 Å². The standard InChI is InChI=1S/C15H24N4O3S/c1-11(2)19-10-12(9-16-19)15(20)17-13-5-7-18(8-6-13)23(21,22)14-3-4-14/h9-11,13-14H,3-8H2,1-2H3,(H,17,20). The molecule has 1 aromatic rings. The van der Waals surface area contributed by atoms with Gasteiger partial charge in [-0.3, -0.25) is 9.48 Å². The third kappa shape index (κ3) is 3.58. The first-order valence-electron chi connectivity index (χ1n) is 8.22. The second-order valence-electron chi connectivity index (χ2n) is 6.69. The minimum atomic E-state index is -3.09. The van der Waals surface area contributed by atoms with Crippen LogP contribution in [0.5, 0.6) is 0 Å². The van der Waals surface area contributed by atoms with Gasteiger partial charge in [-0.05, 0) is 39.5 Å². The van der Waals surface area contributed by atoms with Gasteiger partial charge in [-0.15, -0.1) is 0 Å². The number of hydrogen-bond donors (Lipinski definition) is 1. The van der Waals surface area contributed by atoms with Gasteiger partial charge in [0, 0.05) is 31.4 Å². The molecule has 2 heterocycles. The van der Waals surface area contributed by atoms with Crippen molar-refractivity contribution in [2.24, 2.45) is 0 Å². The van der Waals surface area contributed by atoms with E-state index in [9.17, 15) is 13.2 Å². The number of hydrogen-bond acceptors (Lipinski definition) is 4. The fraction of sp³-hybridized carbons (Fsp3) is 0.733. The van der Waals surface area contributed by atoms with Crippen molar-refractivity contribution in [3.63, 3.8) is 0 Å². The Labute approximate surface area is 137 Å². The van der Waals surface area contributed by atoms with Gasteiger partial charge in [-0.25, -0.2) is 12.7 Å². The molecule has 23 heavy (non-hydrogen) atoms. The number of rotatable bonds is 5. The van der Waals surface area contributed by atoms with Crippen LogP contribution in [0.2, 0.25) is 0 Å². The van der Waals surface area contributed by atoms with E-state index in [1.807, 2.05) is 13.8 Å². The SMILES string of the molecule is CC(C)n1cc(C(=O)NC2CCN(S(=O)(=O)C3CC3)CC2)cn1. The van der Waals surface area contributed by atoms with Gasteiger partial charge < -0.3 is 5.32 Å². The quantitative estimate of drug-likeness (QED) is 0.871. The molecule has 3 rings (SSSR count). The maximum atomic E-state index is 12.2. The number of aromatic nitrogens is 2. The maximum Gasteiger partial charge on any atom is 0.254 e. The van der Waals surface area contributed by atoms with Crippen molar-refractivity contribution in [3.05, 3.63) is 18.0 Å². The van der Waals surface area contributed by atoms with Crippen LogP contribution in [0.15, 0.2) is 12.4 Å². The van der Waals surface area contributed by atoms with E-state index in [2.05, 4.69) is 10.4 Å². The molecule has 1 saturated carbocycles. The van der Waals surface area contributed by atoms with Crippen molar-refractivity contribution < 1.29 is 13.2 Å². The van der Waals surface area contributed by atoms with Crippen molar-refractivity contribution in [1.82, 2.24) is 19.4 Å². The largest absolute Gasteiger partial charge is 0.349 e. The van der Waals surface area contributed by atoms with Crippen LogP contribution in [0, 0.1) is 0 Å². The zero-order chi connectivity index (χ0) is 16.6. The van der Waals surface area contributed by atoms with Crippen molar-refractivity contribution in [1.29, 1.82) is 0 Å². The third-order valence-electron chi connectivity index (χ3n) is 4.49. The molecule has 8 heteroatoms. The summed E-state index contributed by atoms with van der Waals surface area (Å²) in [5, 5.41) is 7.00. The van der Waals surface area contributed by atoms with Gasteiger partial charge in [0.25, 0.3) is 5.91 Å². The molecule has 0 atom stereocenters. The average Bonchev–Trinajstić information content (AvgIpc) is 3.25. The van der Waals surface area contributed by atoms with Crippen LogP contribution >= 0.6 is 0 Å². The Bertz CT molecular complexity index is 671. The van der Waals surface area contributed by atoms with E-state index in [1.54, 1.807) is 21.4 Å². The van der Waals surface area contributed by atoms with E-state index < -0.39 is 10.0 Å². The molecule has 1 amide bonds. The highest BCUT2D eigenvalue weighted by molar-refractivity contribution is 7.90. The predicted molar refractivity (Wildman–Crippen MR) is 86.6 cm³/mol. The number of nitrogens with one attached hydrogen (secondary N) is 1. The molecule has 1 aromatic heterocycles. The second-order valence-corrected chi connectivity index (χ2v) is 8.91. The zero-order valence-corrected chi connectivity index (χ0v) is 14.4. The van der Waals surface area contributed by atoms with Crippen molar-refractivity contribution in [2.75, 3.05) is 13.1 Å². The summed E-state index contributed by atoms with van der Waals surface area (Å²) >= 11 is 0. The van der Waals surface area contributed by atoms with Crippen LogP contribution < -0.4 is 5.32 Å². The molecule has 0 spiro atoms. The van der Waals surface area contributed by atoms with E-state index >= 15 is 0 Å². The number of piperidine rings is 1. The summed E-state index contributed by atoms with van der Waals surface area (Å²) in [5.74, 6) is -0.139. The summed E-state index contributed by atoms with van der Waals surface area (Å²) in [4.78, 5) is 12.2. The average molecular weight is 340 g/mol. The molecule has 2 fully saturated rings. The number of nitrogens with zero attached hydrogens (tertiary/aromatic N) is 3. The van der Waals surface area contributed by atoms with Gasteiger partial charge in [0.15, 0.2) is 0 Å². The first-order chi connectivity index (χ1) is 10.9. The highest BCUT2D eigenvalue weighted by atomic mass is 32.2. The Morgan fingerprint density at radius 3 is 2.43 bits per heavy atom. The lowest BCUT2D eigenvalue weighted by Crippen LogP contribution is -2.47. The van der Waals surface area contributed by atoms with Crippen LogP contribution in [-0.4, -0.2) is 52.8 Å². The minimum absolute atomic E-state index is 0.0237. The molecule has 0 unspecified atom stereocenters. The van der Waals surface area contributed by atoms with Crippen LogP contribution in [0.25, 0.3) is 0 Å². The van der Waals surface area contributed by atoms with Crippen LogP contribution in [0.4, 0.5) is 0 Å². The smallest absolute Gasteiger partial charge is 0.254 e. The Balaban J connectivity index is 1.53. The molecule has 1 aliphatic heterocycles. The molecule has 128 valence electrons. The molecule has 0 aromatic carbocycles. The Morgan fingerprint density at radius 1 is 1.26 bits per heavy atom. The van der Waals surface area contributed by atoms with E-state index in [1.165, 1.54) is 0 Å². The maximum absolute atomic E-state index is 12.2. The summed E-state index contributed by atoms with van der Waals surface area (Å²) < 4.78 is 27.7. The minimum Gasteiger partial charge on any atom is -0.349 e. The molecule has 7 nitrogen and oxygen atoms in total. The lowest BCUT2D eigenvalue weighted by Gasteiger charge is -2.31. The highest BCUT2D eigenvalue weighted by Gasteiger charge is 2.41. The second kappa shape index (κ2) is 6.24. The summed E-state index contributed by atoms with van der Waals surface area (Å²) in [6.07, 6.45) is 6.22. The van der Waals surface area contributed by atoms with Gasteiger partial charge in [-0.1, -0.05) is 0 Å². The van der Waals surface area contributed by atoms with E-state index in [4.69, 9.17) is 0 Å². The van der Waals surface area contributed by atoms with Crippen LogP contribution in [-0.2, 0) is 10.0 Å². The van der Waals surface area contributed by atoms with Gasteiger partial charge in [0.2, 0.25) is 10.0 Å². The van der Waals surface area contributed by atoms with E-state index in [0.29, 0.717) is 31.5 Å². The van der Waals surface area contributed by atoms with Gasteiger partial charge >= 0.3 is 0 Å². The van der Waals surface area contributed by atoms with Gasteiger partial charge in [-0.2, -0.15) is 5.10 Å². The Hall–Kier alpha value is -1.41. The normalized spacial score (nSPS) is 20.8. The lowest BCUT2D eigenvalue weighted by atomic mass is 10.1. The molecule has 2 aliphatic rings. The van der Waals surface area contributed by atoms with Crippen LogP contribution in [0.1, 0.15) is 55.9 Å². The molecule has 1 N–H and O–H groups in total. The molecule has 1 aliphatic carbocycles. The summed E-state index contributed by atoms with van der Waals surface area (Å²) in [6, 6.07) is 0.239. The monoisotopic (exact) mass is 340 g/mol. The topological polar surface area (TPSA) is 84.3 Å². The van der Waals surface area contributed by atoms with Crippen LogP contribution in [0.3, 0.4) is 0 Å². The molecular formula is C15H24N4O3S.